The van der Waals surface area contributed by atoms with Gasteiger partial charge >= 0.3 is 0 Å². The van der Waals surface area contributed by atoms with Crippen LogP contribution in [0.2, 0.25) is 5.02 Å². The molecule has 0 spiro atoms. The molecule has 0 bridgehead atoms. The van der Waals surface area contributed by atoms with Gasteiger partial charge in [0, 0.05) is 26.6 Å². The van der Waals surface area contributed by atoms with Crippen LogP contribution in [0.25, 0.3) is 17.2 Å². The molecule has 2 aromatic carbocycles. The second-order valence-electron chi connectivity index (χ2n) is 5.92. The first-order chi connectivity index (χ1) is 13.9. The highest BCUT2D eigenvalue weighted by atomic mass is 79.9. The normalized spacial score (nSPS) is 10.9. The predicted octanol–water partition coefficient (Wildman–Crippen LogP) is 4.90. The number of halogens is 3. The quantitative estimate of drug-likeness (QED) is 0.437. The molecule has 0 saturated carbocycles. The van der Waals surface area contributed by atoms with Crippen LogP contribution in [0.5, 0.6) is 0 Å². The van der Waals surface area contributed by atoms with Crippen molar-refractivity contribution >= 4 is 50.1 Å². The van der Waals surface area contributed by atoms with Gasteiger partial charge < -0.3 is 0 Å². The molecule has 7 nitrogen and oxygen atoms in total. The summed E-state index contributed by atoms with van der Waals surface area (Å²) in [5, 5.41) is 11.6. The Hall–Kier alpha value is -2.69. The molecule has 0 fully saturated rings. The fourth-order valence-corrected chi connectivity index (χ4v) is 3.58. The van der Waals surface area contributed by atoms with Gasteiger partial charge in [0.15, 0.2) is 11.5 Å². The van der Waals surface area contributed by atoms with Gasteiger partial charge in [0.1, 0.15) is 11.5 Å². The Morgan fingerprint density at radius 2 is 2.00 bits per heavy atom. The van der Waals surface area contributed by atoms with Crippen LogP contribution in [0.4, 0.5) is 9.52 Å². The highest BCUT2D eigenvalue weighted by Gasteiger charge is 2.19. The topological polar surface area (TPSA) is 85.6 Å². The molecule has 0 aliphatic rings. The lowest BCUT2D eigenvalue weighted by atomic mass is 10.2. The van der Waals surface area contributed by atoms with Crippen molar-refractivity contribution < 1.29 is 9.18 Å². The third kappa shape index (κ3) is 4.04. The molecule has 146 valence electrons. The summed E-state index contributed by atoms with van der Waals surface area (Å²) in [6.07, 6.45) is 0. The predicted molar refractivity (Wildman–Crippen MR) is 112 cm³/mol. The number of benzene rings is 2. The zero-order valence-electron chi connectivity index (χ0n) is 14.7. The van der Waals surface area contributed by atoms with Gasteiger partial charge in [0.2, 0.25) is 5.13 Å². The summed E-state index contributed by atoms with van der Waals surface area (Å²) in [7, 11) is 0. The highest BCUT2D eigenvalue weighted by molar-refractivity contribution is 9.10. The summed E-state index contributed by atoms with van der Waals surface area (Å²) >= 11 is 10.1. The summed E-state index contributed by atoms with van der Waals surface area (Å²) in [4.78, 5) is 16.6. The Kier molecular flexibility index (Phi) is 5.39. The van der Waals surface area contributed by atoms with Crippen LogP contribution in [-0.4, -0.2) is 30.3 Å². The first-order valence-electron chi connectivity index (χ1n) is 8.21. The van der Waals surface area contributed by atoms with E-state index in [9.17, 15) is 9.18 Å². The maximum atomic E-state index is 14.3. The summed E-state index contributed by atoms with van der Waals surface area (Å²) in [5.74, 6) is -0.481. The van der Waals surface area contributed by atoms with Gasteiger partial charge in [0.05, 0.1) is 5.69 Å². The average Bonchev–Trinajstić information content (AvgIpc) is 3.29. The number of nitrogens with zero attached hydrogens (tertiary/aromatic N) is 5. The minimum Gasteiger partial charge on any atom is -0.297 e. The number of anilines is 1. The number of hydrogen-bond donors (Lipinski definition) is 1. The molecule has 0 aliphatic carbocycles. The van der Waals surface area contributed by atoms with E-state index in [1.165, 1.54) is 10.7 Å². The van der Waals surface area contributed by atoms with Gasteiger partial charge in [-0.05, 0) is 49.4 Å². The van der Waals surface area contributed by atoms with Crippen molar-refractivity contribution in [2.24, 2.45) is 0 Å². The molecule has 1 amide bonds. The lowest BCUT2D eigenvalue weighted by Gasteiger charge is -2.05. The molecule has 29 heavy (non-hydrogen) atoms. The smallest absolute Gasteiger partial charge is 0.257 e. The molecule has 0 atom stereocenters. The number of rotatable bonds is 4. The summed E-state index contributed by atoms with van der Waals surface area (Å²) in [5.41, 5.74) is 1.67. The van der Waals surface area contributed by atoms with Crippen LogP contribution >= 0.6 is 39.1 Å². The Bertz CT molecular complexity index is 1210. The minimum atomic E-state index is -0.443. The molecular weight excluding hydrogens is 483 g/mol. The summed E-state index contributed by atoms with van der Waals surface area (Å²) in [6, 6.07) is 11.1. The van der Waals surface area contributed by atoms with Crippen molar-refractivity contribution in [1.82, 2.24) is 24.4 Å². The molecule has 0 aliphatic heterocycles. The molecule has 2 heterocycles. The minimum absolute atomic E-state index is 0.260. The van der Waals surface area contributed by atoms with Gasteiger partial charge in [-0.15, -0.1) is 5.10 Å². The molecule has 4 aromatic rings. The van der Waals surface area contributed by atoms with Crippen LogP contribution in [0.3, 0.4) is 0 Å². The van der Waals surface area contributed by atoms with Crippen LogP contribution < -0.4 is 5.32 Å². The zero-order valence-corrected chi connectivity index (χ0v) is 17.9. The van der Waals surface area contributed by atoms with E-state index in [2.05, 4.69) is 40.9 Å². The number of hydrogen-bond acceptors (Lipinski definition) is 6. The van der Waals surface area contributed by atoms with Crippen molar-refractivity contribution in [3.8, 4) is 17.2 Å². The number of carbonyl (C=O) groups is 1. The van der Waals surface area contributed by atoms with Crippen molar-refractivity contribution in [2.75, 3.05) is 5.32 Å². The molecular formula is C18H11BrClFN6OS. The summed E-state index contributed by atoms with van der Waals surface area (Å²) < 4.78 is 20.5. The Morgan fingerprint density at radius 3 is 2.72 bits per heavy atom. The largest absolute Gasteiger partial charge is 0.297 e. The van der Waals surface area contributed by atoms with Crippen molar-refractivity contribution in [2.45, 2.75) is 6.92 Å². The monoisotopic (exact) mass is 492 g/mol. The third-order valence-corrected chi connectivity index (χ3v) is 5.37. The number of aromatic nitrogens is 5. The van der Waals surface area contributed by atoms with Crippen LogP contribution in [0.15, 0.2) is 46.9 Å². The van der Waals surface area contributed by atoms with Crippen LogP contribution in [0, 0.1) is 12.7 Å². The van der Waals surface area contributed by atoms with Crippen molar-refractivity contribution in [1.29, 1.82) is 0 Å². The van der Waals surface area contributed by atoms with Crippen LogP contribution in [0.1, 0.15) is 16.1 Å². The van der Waals surface area contributed by atoms with Crippen molar-refractivity contribution in [3.05, 3.63) is 69.0 Å². The molecule has 4 rings (SSSR count). The standard InChI is InChI=1S/C18H11BrClFN6OS/c1-9-15(24-26-27(9)14-7-4-11(19)8-13(14)21)16-22-18(29-25-16)23-17(28)10-2-5-12(20)6-3-10/h2-8H,1H3,(H,22,23,25,28). The second kappa shape index (κ2) is 7.97. The van der Waals surface area contributed by atoms with Gasteiger partial charge in [-0.3, -0.25) is 10.1 Å². The first-order valence-corrected chi connectivity index (χ1v) is 10.2. The van der Waals surface area contributed by atoms with E-state index in [4.69, 9.17) is 11.6 Å². The molecule has 0 radical (unpaired) electrons. The van der Waals surface area contributed by atoms with Gasteiger partial charge in [-0.1, -0.05) is 32.7 Å². The fourth-order valence-electron chi connectivity index (χ4n) is 2.56. The van der Waals surface area contributed by atoms with Gasteiger partial charge in [0.25, 0.3) is 5.91 Å². The molecule has 0 saturated heterocycles. The van der Waals surface area contributed by atoms with Crippen molar-refractivity contribution in [3.63, 3.8) is 0 Å². The maximum Gasteiger partial charge on any atom is 0.257 e. The van der Waals surface area contributed by atoms with E-state index in [0.717, 1.165) is 11.5 Å². The van der Waals surface area contributed by atoms with E-state index in [0.29, 0.717) is 37.4 Å². The molecule has 1 N–H and O–H groups in total. The van der Waals surface area contributed by atoms with Gasteiger partial charge in [-0.25, -0.2) is 9.07 Å². The number of nitrogens with one attached hydrogen (secondary N) is 1. The molecule has 0 unspecified atom stereocenters. The average molecular weight is 494 g/mol. The van der Waals surface area contributed by atoms with E-state index < -0.39 is 5.82 Å². The van der Waals surface area contributed by atoms with E-state index in [1.807, 2.05) is 0 Å². The number of carbonyl (C=O) groups excluding carboxylic acids is 1. The Morgan fingerprint density at radius 1 is 1.24 bits per heavy atom. The summed E-state index contributed by atoms with van der Waals surface area (Å²) in [6.45, 7) is 1.74. The second-order valence-corrected chi connectivity index (χ2v) is 8.02. The van der Waals surface area contributed by atoms with E-state index >= 15 is 0 Å². The molecule has 11 heteroatoms. The lowest BCUT2D eigenvalue weighted by Crippen LogP contribution is -2.11. The third-order valence-electron chi connectivity index (χ3n) is 4.00. The van der Waals surface area contributed by atoms with Gasteiger partial charge in [-0.2, -0.15) is 9.36 Å². The number of amides is 1. The highest BCUT2D eigenvalue weighted by Crippen LogP contribution is 2.26. The van der Waals surface area contributed by atoms with E-state index in [-0.39, 0.29) is 11.6 Å². The first kappa shape index (κ1) is 19.6. The Labute approximate surface area is 181 Å². The van der Waals surface area contributed by atoms with E-state index in [1.54, 1.807) is 43.3 Å². The lowest BCUT2D eigenvalue weighted by molar-refractivity contribution is 0.102. The fraction of sp³-hybridized carbons (Fsp3) is 0.0556. The maximum absolute atomic E-state index is 14.3. The van der Waals surface area contributed by atoms with Crippen LogP contribution in [-0.2, 0) is 0 Å². The Balaban J connectivity index is 1.58. The molecule has 2 aromatic heterocycles. The SMILES string of the molecule is Cc1c(-c2nsc(NC(=O)c3ccc(Cl)cc3)n2)nnn1-c1ccc(Br)cc1F. The zero-order chi connectivity index (χ0) is 20.5.